The van der Waals surface area contributed by atoms with Gasteiger partial charge in [0.25, 0.3) is 0 Å². The molecule has 1 aromatic rings. The van der Waals surface area contributed by atoms with E-state index in [1.807, 2.05) is 46.0 Å². The fourth-order valence-electron chi connectivity index (χ4n) is 3.11. The molecule has 1 aliphatic rings. The lowest BCUT2D eigenvalue weighted by molar-refractivity contribution is 0.0934. The summed E-state index contributed by atoms with van der Waals surface area (Å²) < 4.78 is 0. The maximum absolute atomic E-state index is 11.9. The molecule has 0 unspecified atom stereocenters. The minimum Gasteiger partial charge on any atom is -0.370 e. The van der Waals surface area contributed by atoms with Crippen molar-refractivity contribution in [3.63, 3.8) is 0 Å². The van der Waals surface area contributed by atoms with Crippen molar-refractivity contribution in [1.82, 2.24) is 4.98 Å². The number of ketones is 1. The highest BCUT2D eigenvalue weighted by atomic mass is 16.1. The predicted octanol–water partition coefficient (Wildman–Crippen LogP) is 5.21. The number of aromatic nitrogens is 1. The monoisotopic (exact) mass is 318 g/mol. The Morgan fingerprint density at radius 3 is 2.22 bits per heavy atom. The van der Waals surface area contributed by atoms with Crippen LogP contribution in [0.3, 0.4) is 0 Å². The number of rotatable bonds is 5. The summed E-state index contributed by atoms with van der Waals surface area (Å²) in [6.45, 7) is 14.7. The van der Waals surface area contributed by atoms with E-state index in [4.69, 9.17) is 0 Å². The first kappa shape index (κ1) is 19.7. The molecule has 3 nitrogen and oxygen atoms in total. The summed E-state index contributed by atoms with van der Waals surface area (Å²) in [6, 6.07) is 3.92. The van der Waals surface area contributed by atoms with Crippen molar-refractivity contribution in [2.24, 2.45) is 17.8 Å². The van der Waals surface area contributed by atoms with Crippen LogP contribution in [0.15, 0.2) is 18.3 Å². The average Bonchev–Trinajstić information content (AvgIpc) is 2.56. The van der Waals surface area contributed by atoms with E-state index in [1.165, 1.54) is 19.3 Å². The summed E-state index contributed by atoms with van der Waals surface area (Å²) in [7, 11) is 0. The highest BCUT2D eigenvalue weighted by molar-refractivity contribution is 5.95. The van der Waals surface area contributed by atoms with Crippen molar-refractivity contribution in [2.75, 3.05) is 18.0 Å². The van der Waals surface area contributed by atoms with E-state index in [-0.39, 0.29) is 11.7 Å². The largest absolute Gasteiger partial charge is 0.370 e. The SMILES string of the molecule is CC.CC(C)CC1CCN(c2ccc(C(=O)C(C)C)nc2)CC1. The minimum atomic E-state index is 0.00938. The zero-order chi connectivity index (χ0) is 17.4. The topological polar surface area (TPSA) is 33.2 Å². The molecule has 1 aromatic heterocycles. The van der Waals surface area contributed by atoms with Gasteiger partial charge < -0.3 is 4.90 Å². The zero-order valence-electron chi connectivity index (χ0n) is 15.8. The number of carbonyl (C=O) groups excluding carboxylic acids is 1. The summed E-state index contributed by atoms with van der Waals surface area (Å²) >= 11 is 0. The molecule has 23 heavy (non-hydrogen) atoms. The van der Waals surface area contributed by atoms with E-state index in [0.29, 0.717) is 5.69 Å². The molecule has 0 bridgehead atoms. The molecular weight excluding hydrogens is 284 g/mol. The molecule has 0 radical (unpaired) electrons. The third kappa shape index (κ3) is 5.96. The number of Topliss-reactive ketones (excluding diaryl/α,β-unsaturated/α-hetero) is 1. The maximum atomic E-state index is 11.9. The Hall–Kier alpha value is -1.38. The van der Waals surface area contributed by atoms with Gasteiger partial charge in [-0.05, 0) is 43.2 Å². The van der Waals surface area contributed by atoms with Gasteiger partial charge in [0, 0.05) is 19.0 Å². The molecule has 0 aromatic carbocycles. The molecule has 0 atom stereocenters. The molecule has 0 amide bonds. The van der Waals surface area contributed by atoms with Crippen LogP contribution in [0.4, 0.5) is 5.69 Å². The second-order valence-electron chi connectivity index (χ2n) is 6.98. The number of hydrogen-bond donors (Lipinski definition) is 0. The van der Waals surface area contributed by atoms with Gasteiger partial charge in [-0.3, -0.25) is 9.78 Å². The van der Waals surface area contributed by atoms with Crippen LogP contribution in [0.5, 0.6) is 0 Å². The van der Waals surface area contributed by atoms with Crippen LogP contribution in [0.1, 0.15) is 71.3 Å². The van der Waals surface area contributed by atoms with Crippen molar-refractivity contribution in [3.8, 4) is 0 Å². The Morgan fingerprint density at radius 2 is 1.78 bits per heavy atom. The van der Waals surface area contributed by atoms with Crippen molar-refractivity contribution < 1.29 is 4.79 Å². The Labute approximate surface area is 142 Å². The fourth-order valence-corrected chi connectivity index (χ4v) is 3.11. The second-order valence-corrected chi connectivity index (χ2v) is 6.98. The van der Waals surface area contributed by atoms with Crippen molar-refractivity contribution in [2.45, 2.75) is 60.8 Å². The van der Waals surface area contributed by atoms with Gasteiger partial charge in [0.05, 0.1) is 11.9 Å². The summed E-state index contributed by atoms with van der Waals surface area (Å²) in [5, 5.41) is 0. The molecule has 2 rings (SSSR count). The number of nitrogens with zero attached hydrogens (tertiary/aromatic N) is 2. The minimum absolute atomic E-state index is 0.00938. The van der Waals surface area contributed by atoms with Crippen LogP contribution in [-0.4, -0.2) is 23.9 Å². The van der Waals surface area contributed by atoms with Gasteiger partial charge >= 0.3 is 0 Å². The van der Waals surface area contributed by atoms with Gasteiger partial charge in [-0.25, -0.2) is 0 Å². The van der Waals surface area contributed by atoms with E-state index in [9.17, 15) is 4.79 Å². The van der Waals surface area contributed by atoms with Gasteiger partial charge in [0.1, 0.15) is 5.69 Å². The molecule has 0 saturated carbocycles. The lowest BCUT2D eigenvalue weighted by atomic mass is 9.88. The van der Waals surface area contributed by atoms with Crippen molar-refractivity contribution >= 4 is 11.5 Å². The van der Waals surface area contributed by atoms with E-state index in [1.54, 1.807) is 0 Å². The highest BCUT2D eigenvalue weighted by Crippen LogP contribution is 2.27. The third-order valence-corrected chi connectivity index (χ3v) is 4.31. The van der Waals surface area contributed by atoms with Gasteiger partial charge in [0.2, 0.25) is 0 Å². The molecule has 2 heterocycles. The van der Waals surface area contributed by atoms with Crippen LogP contribution in [0, 0.1) is 17.8 Å². The molecule has 0 aliphatic carbocycles. The Balaban J connectivity index is 0.00000127. The van der Waals surface area contributed by atoms with Crippen LogP contribution < -0.4 is 4.90 Å². The van der Waals surface area contributed by atoms with Gasteiger partial charge in [-0.1, -0.05) is 41.5 Å². The zero-order valence-corrected chi connectivity index (χ0v) is 15.8. The summed E-state index contributed by atoms with van der Waals surface area (Å²) in [5.41, 5.74) is 1.74. The first-order valence-electron chi connectivity index (χ1n) is 9.22. The molecule has 1 saturated heterocycles. The predicted molar refractivity (Wildman–Crippen MR) is 99.1 cm³/mol. The smallest absolute Gasteiger partial charge is 0.183 e. The normalized spacial score (nSPS) is 15.6. The van der Waals surface area contributed by atoms with Crippen molar-refractivity contribution in [3.05, 3.63) is 24.0 Å². The number of pyridine rings is 1. The van der Waals surface area contributed by atoms with E-state index >= 15 is 0 Å². The molecular formula is C20H34N2O. The Bertz CT molecular complexity index is 457. The lowest BCUT2D eigenvalue weighted by Gasteiger charge is -2.34. The third-order valence-electron chi connectivity index (χ3n) is 4.31. The Kier molecular flexibility index (Phi) is 8.29. The first-order valence-corrected chi connectivity index (χ1v) is 9.22. The molecule has 130 valence electrons. The summed E-state index contributed by atoms with van der Waals surface area (Å²) in [5.74, 6) is 1.80. The number of piperidine rings is 1. The standard InChI is InChI=1S/C18H28N2O.C2H6/c1-13(2)11-15-7-9-20(10-8-15)16-5-6-17(19-12-16)18(21)14(3)4;1-2/h5-6,12-15H,7-11H2,1-4H3;1-2H3. The van der Waals surface area contributed by atoms with Crippen LogP contribution in [0.25, 0.3) is 0 Å². The van der Waals surface area contributed by atoms with Gasteiger partial charge in [0.15, 0.2) is 5.78 Å². The molecule has 1 aliphatic heterocycles. The van der Waals surface area contributed by atoms with Gasteiger partial charge in [-0.2, -0.15) is 0 Å². The highest BCUT2D eigenvalue weighted by Gasteiger charge is 2.20. The van der Waals surface area contributed by atoms with Crippen LogP contribution >= 0.6 is 0 Å². The second kappa shape index (κ2) is 9.69. The van der Waals surface area contributed by atoms with Crippen molar-refractivity contribution in [1.29, 1.82) is 0 Å². The molecule has 0 N–H and O–H groups in total. The van der Waals surface area contributed by atoms with E-state index in [2.05, 4.69) is 23.7 Å². The molecule has 0 spiro atoms. The Morgan fingerprint density at radius 1 is 1.17 bits per heavy atom. The van der Waals surface area contributed by atoms with Gasteiger partial charge in [-0.15, -0.1) is 0 Å². The van der Waals surface area contributed by atoms with Crippen LogP contribution in [-0.2, 0) is 0 Å². The lowest BCUT2D eigenvalue weighted by Crippen LogP contribution is -2.34. The fraction of sp³-hybridized carbons (Fsp3) is 0.700. The summed E-state index contributed by atoms with van der Waals surface area (Å²) in [4.78, 5) is 18.6. The quantitative estimate of drug-likeness (QED) is 0.699. The average molecular weight is 319 g/mol. The molecule has 3 heteroatoms. The summed E-state index contributed by atoms with van der Waals surface area (Å²) in [6.07, 6.45) is 5.74. The van der Waals surface area contributed by atoms with Crippen LogP contribution in [0.2, 0.25) is 0 Å². The number of anilines is 1. The first-order chi connectivity index (χ1) is 11.0. The van der Waals surface area contributed by atoms with E-state index in [0.717, 1.165) is 30.6 Å². The number of carbonyl (C=O) groups is 1. The van der Waals surface area contributed by atoms with E-state index < -0.39 is 0 Å². The molecule has 1 fully saturated rings. The maximum Gasteiger partial charge on any atom is 0.183 e. The number of hydrogen-bond acceptors (Lipinski definition) is 3.